The van der Waals surface area contributed by atoms with Gasteiger partial charge in [-0.1, -0.05) is 44.5 Å². The van der Waals surface area contributed by atoms with Crippen molar-refractivity contribution >= 4 is 17.6 Å². The van der Waals surface area contributed by atoms with Crippen molar-refractivity contribution in [3.63, 3.8) is 0 Å². The van der Waals surface area contributed by atoms with Crippen molar-refractivity contribution in [3.8, 4) is 17.0 Å². The fourth-order valence-corrected chi connectivity index (χ4v) is 7.29. The first-order valence-electron chi connectivity index (χ1n) is 14.2. The van der Waals surface area contributed by atoms with Crippen molar-refractivity contribution < 1.29 is 19.1 Å². The molecule has 0 saturated heterocycles. The number of ether oxygens (including phenoxy) is 2. The molecule has 1 saturated carbocycles. The molecule has 8 heteroatoms. The zero-order chi connectivity index (χ0) is 28.7. The average Bonchev–Trinajstić information content (AvgIpc) is 3.40. The van der Waals surface area contributed by atoms with E-state index in [2.05, 4.69) is 55.5 Å². The summed E-state index contributed by atoms with van der Waals surface area (Å²) in [5.41, 5.74) is 5.42. The molecule has 0 bridgehead atoms. The number of nitrogens with zero attached hydrogens (tertiary/aromatic N) is 3. The summed E-state index contributed by atoms with van der Waals surface area (Å²) in [6.45, 7) is 8.74. The van der Waals surface area contributed by atoms with Crippen LogP contribution < -0.4 is 10.1 Å². The molecule has 2 aliphatic rings. The molecule has 1 heterocycles. The lowest BCUT2D eigenvalue weighted by Gasteiger charge is -2.54. The number of methoxy groups -OCH3 is 2. The van der Waals surface area contributed by atoms with Crippen LogP contribution in [0.3, 0.4) is 0 Å². The van der Waals surface area contributed by atoms with Crippen LogP contribution in [0, 0.1) is 11.3 Å². The minimum atomic E-state index is -0.506. The molecule has 212 valence electrons. The van der Waals surface area contributed by atoms with Crippen molar-refractivity contribution in [2.75, 3.05) is 19.5 Å². The summed E-state index contributed by atoms with van der Waals surface area (Å²) in [5, 5.41) is 11.7. The van der Waals surface area contributed by atoms with E-state index < -0.39 is 5.41 Å². The standard InChI is InChI=1S/C32H40N4O4/c1-20(2)23-12-14-25-24(13-15-27-31(25,3)16-7-17-32(27,4)30(38)40-6)29(23)33-28(37)19-36-18-26(34-35-36)21-8-10-22(39-5)11-9-21/h8-12,14,18,20,27H,7,13,15-17,19H2,1-6H3,(H,33,37)/t27-,31-,32-/m1/s1. The largest absolute Gasteiger partial charge is 0.497 e. The molecule has 1 fully saturated rings. The molecule has 1 aromatic heterocycles. The molecule has 0 aliphatic heterocycles. The Bertz CT molecular complexity index is 1410. The predicted molar refractivity (Wildman–Crippen MR) is 154 cm³/mol. The second-order valence-electron chi connectivity index (χ2n) is 12.1. The Morgan fingerprint density at radius 3 is 2.52 bits per heavy atom. The fraction of sp³-hybridized carbons (Fsp3) is 0.500. The minimum absolute atomic E-state index is 0.0602. The third kappa shape index (κ3) is 4.78. The van der Waals surface area contributed by atoms with Crippen LogP contribution in [0.2, 0.25) is 0 Å². The van der Waals surface area contributed by atoms with Gasteiger partial charge in [-0.25, -0.2) is 4.68 Å². The zero-order valence-corrected chi connectivity index (χ0v) is 24.4. The first kappa shape index (κ1) is 27.9. The highest BCUT2D eigenvalue weighted by atomic mass is 16.5. The lowest BCUT2D eigenvalue weighted by Crippen LogP contribution is -2.52. The van der Waals surface area contributed by atoms with E-state index in [4.69, 9.17) is 9.47 Å². The summed E-state index contributed by atoms with van der Waals surface area (Å²) in [6.07, 6.45) is 6.30. The van der Waals surface area contributed by atoms with Crippen LogP contribution in [-0.2, 0) is 32.7 Å². The molecule has 3 aromatic rings. The van der Waals surface area contributed by atoms with Gasteiger partial charge < -0.3 is 14.8 Å². The molecule has 2 aromatic carbocycles. The van der Waals surface area contributed by atoms with Crippen molar-refractivity contribution in [2.45, 2.75) is 77.7 Å². The maximum Gasteiger partial charge on any atom is 0.311 e. The fourth-order valence-electron chi connectivity index (χ4n) is 7.29. The topological polar surface area (TPSA) is 95.3 Å². The minimum Gasteiger partial charge on any atom is -0.497 e. The second-order valence-corrected chi connectivity index (χ2v) is 12.1. The first-order valence-corrected chi connectivity index (χ1v) is 14.2. The molecule has 0 spiro atoms. The van der Waals surface area contributed by atoms with E-state index in [0.717, 1.165) is 54.7 Å². The Kier molecular flexibility index (Phi) is 7.46. The SMILES string of the molecule is COC(=O)[C@]1(C)CCC[C@]2(C)c3ccc(C(C)C)c(NC(=O)Cn4cc(-c5ccc(OC)cc5)nn4)c3CC[C@@H]12. The quantitative estimate of drug-likeness (QED) is 0.372. The Balaban J connectivity index is 1.42. The number of fused-ring (bicyclic) bond motifs is 3. The molecule has 8 nitrogen and oxygen atoms in total. The molecule has 5 rings (SSSR count). The Morgan fingerprint density at radius 1 is 1.10 bits per heavy atom. The van der Waals surface area contributed by atoms with Crippen molar-refractivity contribution in [1.29, 1.82) is 0 Å². The van der Waals surface area contributed by atoms with E-state index >= 15 is 0 Å². The van der Waals surface area contributed by atoms with Crippen LogP contribution in [0.15, 0.2) is 42.6 Å². The second kappa shape index (κ2) is 10.7. The van der Waals surface area contributed by atoms with Crippen LogP contribution in [0.1, 0.15) is 76.0 Å². The number of carbonyl (C=O) groups is 2. The van der Waals surface area contributed by atoms with E-state index in [1.54, 1.807) is 18.0 Å². The first-order chi connectivity index (χ1) is 19.1. The summed E-state index contributed by atoms with van der Waals surface area (Å²) in [4.78, 5) is 26.3. The highest BCUT2D eigenvalue weighted by Crippen LogP contribution is 2.58. The van der Waals surface area contributed by atoms with Crippen molar-refractivity contribution in [1.82, 2.24) is 15.0 Å². The molecule has 3 atom stereocenters. The van der Waals surface area contributed by atoms with Gasteiger partial charge in [-0.15, -0.1) is 5.10 Å². The molecular formula is C32H40N4O4. The molecule has 2 aliphatic carbocycles. The molecule has 1 N–H and O–H groups in total. The smallest absolute Gasteiger partial charge is 0.311 e. The third-order valence-electron chi connectivity index (χ3n) is 9.34. The summed E-state index contributed by atoms with van der Waals surface area (Å²) < 4.78 is 12.1. The predicted octanol–water partition coefficient (Wildman–Crippen LogP) is 5.90. The van der Waals surface area contributed by atoms with E-state index in [-0.39, 0.29) is 35.7 Å². The van der Waals surface area contributed by atoms with Crippen LogP contribution >= 0.6 is 0 Å². The number of nitrogens with one attached hydrogen (secondary N) is 1. The highest BCUT2D eigenvalue weighted by molar-refractivity contribution is 5.93. The van der Waals surface area contributed by atoms with E-state index in [9.17, 15) is 9.59 Å². The van der Waals surface area contributed by atoms with Gasteiger partial charge in [0.25, 0.3) is 0 Å². The summed E-state index contributed by atoms with van der Waals surface area (Å²) in [6, 6.07) is 12.0. The lowest BCUT2D eigenvalue weighted by atomic mass is 9.49. The number of anilines is 1. The number of hydrogen-bond donors (Lipinski definition) is 1. The number of esters is 1. The van der Waals surface area contributed by atoms with Crippen LogP contribution in [0.5, 0.6) is 5.75 Å². The van der Waals surface area contributed by atoms with Crippen LogP contribution in [-0.4, -0.2) is 41.1 Å². The Morgan fingerprint density at radius 2 is 1.85 bits per heavy atom. The number of amides is 1. The van der Waals surface area contributed by atoms with Crippen molar-refractivity contribution in [2.24, 2.45) is 11.3 Å². The Hall–Kier alpha value is -3.68. The lowest BCUT2D eigenvalue weighted by molar-refractivity contribution is -0.161. The van der Waals surface area contributed by atoms with E-state index in [1.165, 1.54) is 18.2 Å². The number of rotatable bonds is 7. The van der Waals surface area contributed by atoms with Gasteiger partial charge in [-0.2, -0.15) is 0 Å². The van der Waals surface area contributed by atoms with Crippen LogP contribution in [0.4, 0.5) is 5.69 Å². The monoisotopic (exact) mass is 544 g/mol. The summed E-state index contributed by atoms with van der Waals surface area (Å²) >= 11 is 0. The molecule has 0 unspecified atom stereocenters. The molecular weight excluding hydrogens is 504 g/mol. The normalized spacial score (nSPS) is 23.7. The summed E-state index contributed by atoms with van der Waals surface area (Å²) in [7, 11) is 3.12. The molecule has 1 amide bonds. The van der Waals surface area contributed by atoms with Gasteiger partial charge in [-0.3, -0.25) is 9.59 Å². The maximum absolute atomic E-state index is 13.4. The summed E-state index contributed by atoms with van der Waals surface area (Å²) in [5.74, 6) is 0.948. The van der Waals surface area contributed by atoms with Gasteiger partial charge in [-0.05, 0) is 90.8 Å². The number of carbonyl (C=O) groups excluding carboxylic acids is 2. The maximum atomic E-state index is 13.4. The van der Waals surface area contributed by atoms with Crippen LogP contribution in [0.25, 0.3) is 11.3 Å². The average molecular weight is 545 g/mol. The number of aromatic nitrogens is 3. The van der Waals surface area contributed by atoms with Gasteiger partial charge in [0.05, 0.1) is 25.8 Å². The van der Waals surface area contributed by atoms with Gasteiger partial charge in [0.2, 0.25) is 5.91 Å². The third-order valence-corrected chi connectivity index (χ3v) is 9.34. The van der Waals surface area contributed by atoms with Gasteiger partial charge in [0, 0.05) is 11.3 Å². The van der Waals surface area contributed by atoms with Gasteiger partial charge in [0.15, 0.2) is 0 Å². The number of hydrogen-bond acceptors (Lipinski definition) is 6. The molecule has 0 radical (unpaired) electrons. The highest BCUT2D eigenvalue weighted by Gasteiger charge is 2.56. The molecule has 40 heavy (non-hydrogen) atoms. The zero-order valence-electron chi connectivity index (χ0n) is 24.4. The van der Waals surface area contributed by atoms with Crippen molar-refractivity contribution in [3.05, 3.63) is 59.3 Å². The van der Waals surface area contributed by atoms with E-state index in [0.29, 0.717) is 5.69 Å². The van der Waals surface area contributed by atoms with Gasteiger partial charge >= 0.3 is 5.97 Å². The Labute approximate surface area is 236 Å². The van der Waals surface area contributed by atoms with Gasteiger partial charge in [0.1, 0.15) is 18.0 Å². The van der Waals surface area contributed by atoms with E-state index in [1.807, 2.05) is 24.3 Å². The number of benzene rings is 2.